The molecular weight excluding hydrogens is 318 g/mol. The van der Waals surface area contributed by atoms with Crippen molar-refractivity contribution >= 4 is 11.9 Å². The number of esters is 1. The first-order valence-corrected chi connectivity index (χ1v) is 8.26. The third-order valence-electron chi connectivity index (χ3n) is 3.70. The maximum Gasteiger partial charge on any atom is 0.342 e. The van der Waals surface area contributed by atoms with Crippen LogP contribution in [0.25, 0.3) is 0 Å². The average molecular weight is 341 g/mol. The molecule has 2 N–H and O–H groups in total. The predicted molar refractivity (Wildman–Crippen MR) is 95.2 cm³/mol. The van der Waals surface area contributed by atoms with Crippen molar-refractivity contribution in [2.24, 2.45) is 5.92 Å². The molecule has 0 saturated carbocycles. The molecule has 0 radical (unpaired) electrons. The van der Waals surface area contributed by atoms with Crippen LogP contribution >= 0.6 is 0 Å². The number of hydrogen-bond donors (Lipinski definition) is 2. The molecule has 0 aliphatic heterocycles. The fourth-order valence-electron chi connectivity index (χ4n) is 2.53. The number of benzene rings is 2. The van der Waals surface area contributed by atoms with Crippen LogP contribution < -0.4 is 5.32 Å². The molecule has 2 aromatic rings. The molecule has 132 valence electrons. The Kier molecular flexibility index (Phi) is 6.57. The van der Waals surface area contributed by atoms with Crippen molar-refractivity contribution in [3.8, 4) is 5.75 Å². The number of carbonyl (C=O) groups is 2. The Morgan fingerprint density at radius 1 is 1.04 bits per heavy atom. The van der Waals surface area contributed by atoms with Gasteiger partial charge in [0.05, 0.1) is 6.04 Å². The van der Waals surface area contributed by atoms with Crippen molar-refractivity contribution in [3.05, 3.63) is 65.7 Å². The summed E-state index contributed by atoms with van der Waals surface area (Å²) in [5.41, 5.74) is 1.05. The van der Waals surface area contributed by atoms with Crippen LogP contribution in [0.1, 0.15) is 42.2 Å². The number of ether oxygens (including phenoxy) is 1. The van der Waals surface area contributed by atoms with Gasteiger partial charge in [-0.1, -0.05) is 56.3 Å². The van der Waals surface area contributed by atoms with Crippen molar-refractivity contribution in [1.82, 2.24) is 5.32 Å². The number of para-hydroxylation sites is 1. The molecule has 1 amide bonds. The standard InChI is InChI=1S/C20H23NO4/c1-14(2)12-17(15-8-4-3-5-9-15)21-19(23)13-25-20(24)16-10-6-7-11-18(16)22/h3-11,14,17,22H,12-13H2,1-2H3,(H,21,23)/t17-/m1/s1. The molecule has 0 heterocycles. The Morgan fingerprint density at radius 3 is 2.32 bits per heavy atom. The Balaban J connectivity index is 1.95. The number of aromatic hydroxyl groups is 1. The van der Waals surface area contributed by atoms with Crippen LogP contribution in [0.15, 0.2) is 54.6 Å². The third kappa shape index (κ3) is 5.64. The number of phenolic OH excluding ortho intramolecular Hbond substituents is 1. The minimum atomic E-state index is -0.728. The van der Waals surface area contributed by atoms with Crippen molar-refractivity contribution in [3.63, 3.8) is 0 Å². The van der Waals surface area contributed by atoms with Gasteiger partial charge in [0, 0.05) is 0 Å². The summed E-state index contributed by atoms with van der Waals surface area (Å²) < 4.78 is 5.00. The predicted octanol–water partition coefficient (Wildman–Crippen LogP) is 3.45. The van der Waals surface area contributed by atoms with Gasteiger partial charge in [0.1, 0.15) is 11.3 Å². The fraction of sp³-hybridized carbons (Fsp3) is 0.300. The van der Waals surface area contributed by atoms with Crippen LogP contribution in [0.3, 0.4) is 0 Å². The summed E-state index contributed by atoms with van der Waals surface area (Å²) in [6.07, 6.45) is 0.781. The molecule has 2 rings (SSSR count). The van der Waals surface area contributed by atoms with Gasteiger partial charge in [0.25, 0.3) is 5.91 Å². The average Bonchev–Trinajstić information content (AvgIpc) is 2.60. The molecule has 0 spiro atoms. The summed E-state index contributed by atoms with van der Waals surface area (Å²) in [6.45, 7) is 3.77. The van der Waals surface area contributed by atoms with Gasteiger partial charge in [-0.3, -0.25) is 4.79 Å². The first-order chi connectivity index (χ1) is 12.0. The van der Waals surface area contributed by atoms with Crippen molar-refractivity contribution in [1.29, 1.82) is 0 Å². The second-order valence-corrected chi connectivity index (χ2v) is 6.25. The molecule has 5 nitrogen and oxygen atoms in total. The minimum absolute atomic E-state index is 0.0390. The maximum absolute atomic E-state index is 12.2. The van der Waals surface area contributed by atoms with E-state index in [1.165, 1.54) is 12.1 Å². The summed E-state index contributed by atoms with van der Waals surface area (Å²) in [5.74, 6) is -0.879. The van der Waals surface area contributed by atoms with Crippen LogP contribution in [0.2, 0.25) is 0 Å². The monoisotopic (exact) mass is 341 g/mol. The highest BCUT2D eigenvalue weighted by molar-refractivity contribution is 5.93. The first-order valence-electron chi connectivity index (χ1n) is 8.26. The van der Waals surface area contributed by atoms with E-state index in [1.54, 1.807) is 12.1 Å². The Morgan fingerprint density at radius 2 is 1.68 bits per heavy atom. The first kappa shape index (κ1) is 18.5. The zero-order chi connectivity index (χ0) is 18.2. The molecule has 0 aliphatic carbocycles. The second-order valence-electron chi connectivity index (χ2n) is 6.25. The van der Waals surface area contributed by atoms with Gasteiger partial charge in [0.15, 0.2) is 6.61 Å². The number of rotatable bonds is 7. The van der Waals surface area contributed by atoms with E-state index in [2.05, 4.69) is 19.2 Å². The summed E-state index contributed by atoms with van der Waals surface area (Å²) in [4.78, 5) is 24.1. The quantitative estimate of drug-likeness (QED) is 0.756. The molecule has 25 heavy (non-hydrogen) atoms. The van der Waals surface area contributed by atoms with Gasteiger partial charge in [-0.05, 0) is 30.0 Å². The Bertz CT molecular complexity index is 713. The number of amides is 1. The number of hydrogen-bond acceptors (Lipinski definition) is 4. The Hall–Kier alpha value is -2.82. The van der Waals surface area contributed by atoms with Gasteiger partial charge in [0.2, 0.25) is 0 Å². The smallest absolute Gasteiger partial charge is 0.342 e. The summed E-state index contributed by atoms with van der Waals surface area (Å²) in [6, 6.07) is 15.6. The van der Waals surface area contributed by atoms with E-state index in [9.17, 15) is 14.7 Å². The van der Waals surface area contributed by atoms with Crippen molar-refractivity contribution in [2.75, 3.05) is 6.61 Å². The lowest BCUT2D eigenvalue weighted by Crippen LogP contribution is -2.33. The molecule has 2 aromatic carbocycles. The minimum Gasteiger partial charge on any atom is -0.507 e. The molecule has 0 fully saturated rings. The van der Waals surface area contributed by atoms with Crippen LogP contribution in [0.4, 0.5) is 0 Å². The zero-order valence-corrected chi connectivity index (χ0v) is 14.4. The molecule has 5 heteroatoms. The molecule has 0 saturated heterocycles. The second kappa shape index (κ2) is 8.87. The van der Waals surface area contributed by atoms with Crippen molar-refractivity contribution in [2.45, 2.75) is 26.3 Å². The van der Waals surface area contributed by atoms with Gasteiger partial charge in [-0.15, -0.1) is 0 Å². The number of nitrogens with one attached hydrogen (secondary N) is 1. The Labute approximate surface area is 147 Å². The zero-order valence-electron chi connectivity index (χ0n) is 14.4. The van der Waals surface area contributed by atoms with Crippen LogP contribution in [0, 0.1) is 5.92 Å². The van der Waals surface area contributed by atoms with Gasteiger partial charge < -0.3 is 15.2 Å². The lowest BCUT2D eigenvalue weighted by molar-refractivity contribution is -0.125. The van der Waals surface area contributed by atoms with Crippen LogP contribution in [-0.2, 0) is 9.53 Å². The molecular formula is C20H23NO4. The van der Waals surface area contributed by atoms with Gasteiger partial charge in [-0.2, -0.15) is 0 Å². The molecule has 0 bridgehead atoms. The lowest BCUT2D eigenvalue weighted by atomic mass is 9.97. The normalized spacial score (nSPS) is 11.8. The SMILES string of the molecule is CC(C)C[C@@H](NC(=O)COC(=O)c1ccccc1O)c1ccccc1. The maximum atomic E-state index is 12.2. The third-order valence-corrected chi connectivity index (χ3v) is 3.70. The summed E-state index contributed by atoms with van der Waals surface area (Å²) >= 11 is 0. The molecule has 0 aromatic heterocycles. The van der Waals surface area contributed by atoms with Gasteiger partial charge >= 0.3 is 5.97 Å². The van der Waals surface area contributed by atoms with E-state index in [1.807, 2.05) is 30.3 Å². The number of phenols is 1. The highest BCUT2D eigenvalue weighted by Crippen LogP contribution is 2.21. The fourth-order valence-corrected chi connectivity index (χ4v) is 2.53. The topological polar surface area (TPSA) is 75.6 Å². The highest BCUT2D eigenvalue weighted by Gasteiger charge is 2.18. The lowest BCUT2D eigenvalue weighted by Gasteiger charge is -2.21. The van der Waals surface area contributed by atoms with E-state index in [0.717, 1.165) is 12.0 Å². The van der Waals surface area contributed by atoms with Gasteiger partial charge in [-0.25, -0.2) is 4.79 Å². The van der Waals surface area contributed by atoms with Crippen LogP contribution in [-0.4, -0.2) is 23.6 Å². The van der Waals surface area contributed by atoms with Crippen LogP contribution in [0.5, 0.6) is 5.75 Å². The highest BCUT2D eigenvalue weighted by atomic mass is 16.5. The largest absolute Gasteiger partial charge is 0.507 e. The summed E-state index contributed by atoms with van der Waals surface area (Å²) in [7, 11) is 0. The summed E-state index contributed by atoms with van der Waals surface area (Å²) in [5, 5.41) is 12.5. The van der Waals surface area contributed by atoms with E-state index in [4.69, 9.17) is 4.74 Å². The molecule has 1 atom stereocenters. The molecule has 0 aliphatic rings. The van der Waals surface area contributed by atoms with E-state index in [0.29, 0.717) is 5.92 Å². The van der Waals surface area contributed by atoms with Crippen molar-refractivity contribution < 1.29 is 19.4 Å². The van der Waals surface area contributed by atoms with E-state index in [-0.39, 0.29) is 23.3 Å². The number of carbonyl (C=O) groups excluding carboxylic acids is 2. The van der Waals surface area contributed by atoms with E-state index < -0.39 is 12.6 Å². The van der Waals surface area contributed by atoms with E-state index >= 15 is 0 Å². The molecule has 0 unspecified atom stereocenters.